The molecular weight excluding hydrogens is 228 g/mol. The number of nitrogens with zero attached hydrogens (tertiary/aromatic N) is 2. The Balaban J connectivity index is 3.02. The summed E-state index contributed by atoms with van der Waals surface area (Å²) in [5.74, 6) is 5.59. The number of amides is 1. The molecule has 1 amide bonds. The highest BCUT2D eigenvalue weighted by Gasteiger charge is 2.16. The zero-order chi connectivity index (χ0) is 13.4. The lowest BCUT2D eigenvalue weighted by atomic mass is 10.1. The second kappa shape index (κ2) is 7.46. The fraction of sp³-hybridized carbons (Fsp3) is 0.429. The summed E-state index contributed by atoms with van der Waals surface area (Å²) in [6.45, 7) is 5.18. The number of rotatable bonds is 4. The summed E-state index contributed by atoms with van der Waals surface area (Å²) in [4.78, 5) is 18.0. The van der Waals surface area contributed by atoms with Crippen molar-refractivity contribution in [2.24, 2.45) is 0 Å². The average molecular weight is 246 g/mol. The second-order valence-electron chi connectivity index (χ2n) is 3.65. The van der Waals surface area contributed by atoms with Crippen molar-refractivity contribution in [1.82, 2.24) is 9.88 Å². The van der Waals surface area contributed by atoms with Gasteiger partial charge >= 0.3 is 0 Å². The zero-order valence-electron chi connectivity index (χ0n) is 10.8. The number of hydrogen-bond donors (Lipinski definition) is 1. The second-order valence-corrected chi connectivity index (χ2v) is 3.65. The van der Waals surface area contributed by atoms with Crippen LogP contribution in [0.3, 0.4) is 0 Å². The lowest BCUT2D eigenvalue weighted by Gasteiger charge is -2.18. The van der Waals surface area contributed by atoms with E-state index < -0.39 is 0 Å². The minimum absolute atomic E-state index is 0.0204. The highest BCUT2D eigenvalue weighted by Crippen LogP contribution is 2.07. The molecule has 0 saturated heterocycles. The van der Waals surface area contributed by atoms with Gasteiger partial charge in [0, 0.05) is 25.7 Å². The average Bonchev–Trinajstić information content (AvgIpc) is 2.41. The third-order valence-corrected chi connectivity index (χ3v) is 2.52. The highest BCUT2D eigenvalue weighted by atomic mass is 16.2. The van der Waals surface area contributed by atoms with Gasteiger partial charge in [0.2, 0.25) is 0 Å². The van der Waals surface area contributed by atoms with Crippen LogP contribution in [0.2, 0.25) is 0 Å². The van der Waals surface area contributed by atoms with Crippen LogP contribution in [0, 0.1) is 11.8 Å². The quantitative estimate of drug-likeness (QED) is 0.815. The number of carbonyl (C=O) groups excluding carboxylic acids is 1. The van der Waals surface area contributed by atoms with Crippen molar-refractivity contribution in [2.45, 2.75) is 20.3 Å². The molecule has 1 rings (SSSR count). The summed E-state index contributed by atoms with van der Waals surface area (Å²) < 4.78 is 0. The molecule has 1 aromatic heterocycles. The maximum absolute atomic E-state index is 12.2. The number of carbonyl (C=O) groups is 1. The Hall–Kier alpha value is -1.86. The molecule has 0 unspecified atom stereocenters. The van der Waals surface area contributed by atoms with Crippen molar-refractivity contribution in [3.63, 3.8) is 0 Å². The van der Waals surface area contributed by atoms with Crippen LogP contribution in [-0.4, -0.2) is 40.6 Å². The smallest absolute Gasteiger partial charge is 0.273 e. The van der Waals surface area contributed by atoms with Gasteiger partial charge in [-0.2, -0.15) is 0 Å². The lowest BCUT2D eigenvalue weighted by Crippen LogP contribution is -2.31. The van der Waals surface area contributed by atoms with E-state index in [2.05, 4.69) is 16.8 Å². The summed E-state index contributed by atoms with van der Waals surface area (Å²) in [5, 5.41) is 8.69. The predicted molar refractivity (Wildman–Crippen MR) is 70.1 cm³/mol. The van der Waals surface area contributed by atoms with Crippen molar-refractivity contribution in [1.29, 1.82) is 0 Å². The number of pyridine rings is 1. The first-order chi connectivity index (χ1) is 8.74. The largest absolute Gasteiger partial charge is 0.395 e. The number of aliphatic hydroxyl groups excluding tert-OH is 1. The molecule has 0 saturated carbocycles. The molecule has 96 valence electrons. The van der Waals surface area contributed by atoms with Gasteiger partial charge in [-0.1, -0.05) is 11.8 Å². The molecule has 4 heteroatoms. The number of aromatic nitrogens is 1. The topological polar surface area (TPSA) is 53.4 Å². The van der Waals surface area contributed by atoms with Crippen molar-refractivity contribution in [2.75, 3.05) is 19.7 Å². The van der Waals surface area contributed by atoms with Gasteiger partial charge in [-0.05, 0) is 26.0 Å². The van der Waals surface area contributed by atoms with Crippen molar-refractivity contribution < 1.29 is 9.90 Å². The summed E-state index contributed by atoms with van der Waals surface area (Å²) in [6.07, 6.45) is 1.99. The van der Waals surface area contributed by atoms with Gasteiger partial charge in [-0.3, -0.25) is 4.79 Å². The van der Waals surface area contributed by atoms with Gasteiger partial charge in [-0.25, -0.2) is 4.98 Å². The van der Waals surface area contributed by atoms with E-state index in [-0.39, 0.29) is 12.5 Å². The van der Waals surface area contributed by atoms with Crippen LogP contribution in [0.1, 0.15) is 36.3 Å². The van der Waals surface area contributed by atoms with Crippen LogP contribution in [0.4, 0.5) is 0 Å². The Bertz CT molecular complexity index is 456. The van der Waals surface area contributed by atoms with Crippen molar-refractivity contribution in [3.8, 4) is 11.8 Å². The minimum atomic E-state index is -0.103. The molecule has 1 N–H and O–H groups in total. The summed E-state index contributed by atoms with van der Waals surface area (Å²) in [7, 11) is 0. The van der Waals surface area contributed by atoms with Crippen molar-refractivity contribution in [3.05, 3.63) is 29.6 Å². The van der Waals surface area contributed by atoms with E-state index in [1.807, 2.05) is 13.8 Å². The third-order valence-electron chi connectivity index (χ3n) is 2.52. The van der Waals surface area contributed by atoms with E-state index in [0.717, 1.165) is 0 Å². The molecule has 0 aliphatic heterocycles. The molecular formula is C14H18N2O2. The molecule has 1 heterocycles. The summed E-state index contributed by atoms with van der Waals surface area (Å²) in [6, 6.07) is 3.52. The van der Waals surface area contributed by atoms with Crippen LogP contribution in [0.25, 0.3) is 0 Å². The van der Waals surface area contributed by atoms with Crippen molar-refractivity contribution >= 4 is 5.91 Å². The van der Waals surface area contributed by atoms with E-state index in [1.54, 1.807) is 23.2 Å². The number of aliphatic hydroxyl groups is 1. The maximum atomic E-state index is 12.2. The summed E-state index contributed by atoms with van der Waals surface area (Å²) in [5.41, 5.74) is 0.995. The maximum Gasteiger partial charge on any atom is 0.273 e. The molecule has 18 heavy (non-hydrogen) atoms. The minimum Gasteiger partial charge on any atom is -0.395 e. The lowest BCUT2D eigenvalue weighted by molar-refractivity contribution is 0.0767. The molecule has 1 aromatic rings. The molecule has 0 bridgehead atoms. The molecule has 0 aliphatic rings. The van der Waals surface area contributed by atoms with Crippen LogP contribution in [-0.2, 0) is 0 Å². The Labute approximate surface area is 108 Å². The molecule has 0 aliphatic carbocycles. The predicted octanol–water partition coefficient (Wildman–Crippen LogP) is 1.30. The fourth-order valence-corrected chi connectivity index (χ4v) is 1.55. The van der Waals surface area contributed by atoms with Gasteiger partial charge in [0.05, 0.1) is 12.2 Å². The normalized spacial score (nSPS) is 9.50. The number of hydrogen-bond acceptors (Lipinski definition) is 3. The molecule has 0 fully saturated rings. The van der Waals surface area contributed by atoms with E-state index in [1.165, 1.54) is 0 Å². The van der Waals surface area contributed by atoms with Gasteiger partial charge < -0.3 is 10.0 Å². The Morgan fingerprint density at radius 3 is 2.78 bits per heavy atom. The Morgan fingerprint density at radius 1 is 1.44 bits per heavy atom. The van der Waals surface area contributed by atoms with E-state index >= 15 is 0 Å². The fourth-order valence-electron chi connectivity index (χ4n) is 1.55. The Kier molecular flexibility index (Phi) is 5.89. The van der Waals surface area contributed by atoms with Crippen LogP contribution in [0.5, 0.6) is 0 Å². The van der Waals surface area contributed by atoms with E-state index in [0.29, 0.717) is 30.8 Å². The van der Waals surface area contributed by atoms with Gasteiger partial charge in [0.1, 0.15) is 5.69 Å². The SMILES string of the molecule is CCN(CC)C(=O)c1ncccc1C#CCCO. The van der Waals surface area contributed by atoms with Gasteiger partial charge in [0.15, 0.2) is 0 Å². The van der Waals surface area contributed by atoms with Crippen LogP contribution >= 0.6 is 0 Å². The monoisotopic (exact) mass is 246 g/mol. The Morgan fingerprint density at radius 2 is 2.17 bits per heavy atom. The first-order valence-corrected chi connectivity index (χ1v) is 6.08. The van der Waals surface area contributed by atoms with Gasteiger partial charge in [-0.15, -0.1) is 0 Å². The molecule has 0 spiro atoms. The van der Waals surface area contributed by atoms with Crippen LogP contribution < -0.4 is 0 Å². The summed E-state index contributed by atoms with van der Waals surface area (Å²) >= 11 is 0. The molecule has 4 nitrogen and oxygen atoms in total. The first kappa shape index (κ1) is 14.2. The zero-order valence-corrected chi connectivity index (χ0v) is 10.8. The highest BCUT2D eigenvalue weighted by molar-refractivity contribution is 5.94. The molecule has 0 atom stereocenters. The first-order valence-electron chi connectivity index (χ1n) is 6.08. The standard InChI is InChI=1S/C14H18N2O2/c1-3-16(4-2)14(18)13-12(8-5-6-11-17)9-7-10-15-13/h7,9-10,17H,3-4,6,11H2,1-2H3. The van der Waals surface area contributed by atoms with E-state index in [4.69, 9.17) is 5.11 Å². The third kappa shape index (κ3) is 3.57. The van der Waals surface area contributed by atoms with Gasteiger partial charge in [0.25, 0.3) is 5.91 Å². The molecule has 0 radical (unpaired) electrons. The van der Waals surface area contributed by atoms with E-state index in [9.17, 15) is 4.79 Å². The molecule has 0 aromatic carbocycles. The van der Waals surface area contributed by atoms with Crippen LogP contribution in [0.15, 0.2) is 18.3 Å².